The number of benzene rings is 1. The number of fused-ring (bicyclic) bond motifs is 1. The van der Waals surface area contributed by atoms with Crippen LogP contribution in [0.25, 0.3) is 0 Å². The maximum absolute atomic E-state index is 12.8. The lowest BCUT2D eigenvalue weighted by Gasteiger charge is -2.30. The van der Waals surface area contributed by atoms with Crippen molar-refractivity contribution in [3.05, 3.63) is 46.2 Å². The van der Waals surface area contributed by atoms with E-state index in [0.717, 1.165) is 0 Å². The Kier molecular flexibility index (Phi) is 3.49. The first-order chi connectivity index (χ1) is 10.9. The first-order valence-corrected chi connectivity index (χ1v) is 7.08. The second-order valence-corrected chi connectivity index (χ2v) is 5.54. The summed E-state index contributed by atoms with van der Waals surface area (Å²) >= 11 is 0. The van der Waals surface area contributed by atoms with E-state index in [0.29, 0.717) is 5.75 Å². The highest BCUT2D eigenvalue weighted by atomic mass is 16.5. The van der Waals surface area contributed by atoms with Gasteiger partial charge < -0.3 is 19.7 Å². The number of Topliss-reactive ketones (excluding diaryl/α,β-unsaturated/α-hetero) is 2. The third-order valence-corrected chi connectivity index (χ3v) is 4.31. The van der Waals surface area contributed by atoms with E-state index < -0.39 is 23.6 Å². The predicted octanol–water partition coefficient (Wildman–Crippen LogP) is 1.83. The normalized spacial score (nSPS) is 23.2. The molecule has 0 heterocycles. The molecule has 6 heteroatoms. The number of allylic oxidation sites excluding steroid dienone is 2. The fraction of sp³-hybridized carbons (Fsp3) is 0.294. The van der Waals surface area contributed by atoms with E-state index in [9.17, 15) is 19.8 Å². The zero-order valence-electron chi connectivity index (χ0n) is 12.9. The minimum atomic E-state index is -1.24. The topological polar surface area (TPSA) is 93.1 Å². The van der Waals surface area contributed by atoms with Gasteiger partial charge in [-0.3, -0.25) is 9.59 Å². The standard InChI is InChI=1S/C17H16O6/c1-7-11(18)6-10-14(15(7)19)17(21)13-9(16(10)20)4-8(22-2)5-12(13)23-3/h4-7,15,18-19H,1-3H3. The van der Waals surface area contributed by atoms with Crippen molar-refractivity contribution < 1.29 is 29.3 Å². The molecule has 0 bridgehead atoms. The summed E-state index contributed by atoms with van der Waals surface area (Å²) < 4.78 is 10.3. The number of carbonyl (C=O) groups excluding carboxylic acids is 2. The number of aliphatic hydroxyl groups excluding tert-OH is 2. The Labute approximate surface area is 132 Å². The molecule has 0 aliphatic heterocycles. The van der Waals surface area contributed by atoms with Gasteiger partial charge in [0.2, 0.25) is 0 Å². The van der Waals surface area contributed by atoms with Gasteiger partial charge in [-0.2, -0.15) is 0 Å². The van der Waals surface area contributed by atoms with Crippen LogP contribution in [0.15, 0.2) is 35.1 Å². The smallest absolute Gasteiger partial charge is 0.196 e. The van der Waals surface area contributed by atoms with Gasteiger partial charge in [0, 0.05) is 28.7 Å². The summed E-state index contributed by atoms with van der Waals surface area (Å²) in [6, 6.07) is 2.97. The minimum Gasteiger partial charge on any atom is -0.512 e. The number of methoxy groups -OCH3 is 2. The molecule has 0 amide bonds. The van der Waals surface area contributed by atoms with Crippen molar-refractivity contribution in [3.8, 4) is 11.5 Å². The number of ether oxygens (including phenoxy) is 2. The van der Waals surface area contributed by atoms with Crippen molar-refractivity contribution in [1.29, 1.82) is 0 Å². The fourth-order valence-corrected chi connectivity index (χ4v) is 2.93. The molecular weight excluding hydrogens is 300 g/mol. The summed E-state index contributed by atoms with van der Waals surface area (Å²) in [4.78, 5) is 25.6. The van der Waals surface area contributed by atoms with Crippen molar-refractivity contribution in [2.45, 2.75) is 13.0 Å². The largest absolute Gasteiger partial charge is 0.512 e. The van der Waals surface area contributed by atoms with E-state index in [4.69, 9.17) is 9.47 Å². The summed E-state index contributed by atoms with van der Waals surface area (Å²) in [5.74, 6) is -1.12. The van der Waals surface area contributed by atoms with E-state index in [1.807, 2.05) is 0 Å². The van der Waals surface area contributed by atoms with Crippen LogP contribution >= 0.6 is 0 Å². The molecule has 6 nitrogen and oxygen atoms in total. The minimum absolute atomic E-state index is 0.00346. The summed E-state index contributed by atoms with van der Waals surface area (Å²) in [5.41, 5.74) is 0.256. The van der Waals surface area contributed by atoms with E-state index in [1.165, 1.54) is 32.4 Å². The van der Waals surface area contributed by atoms with Gasteiger partial charge in [0.25, 0.3) is 0 Å². The van der Waals surface area contributed by atoms with Crippen LogP contribution in [-0.4, -0.2) is 42.1 Å². The summed E-state index contributed by atoms with van der Waals surface area (Å²) in [7, 11) is 2.83. The lowest BCUT2D eigenvalue weighted by molar-refractivity contribution is 0.0875. The lowest BCUT2D eigenvalue weighted by Crippen LogP contribution is -2.35. The Hall–Kier alpha value is -2.60. The monoisotopic (exact) mass is 316 g/mol. The number of rotatable bonds is 2. The van der Waals surface area contributed by atoms with Crippen LogP contribution < -0.4 is 9.47 Å². The third kappa shape index (κ3) is 2.06. The number of hydrogen-bond donors (Lipinski definition) is 2. The summed E-state index contributed by atoms with van der Waals surface area (Å²) in [6.07, 6.45) is 0.00776. The molecule has 0 saturated carbocycles. The predicted molar refractivity (Wildman–Crippen MR) is 81.1 cm³/mol. The van der Waals surface area contributed by atoms with Gasteiger partial charge in [-0.25, -0.2) is 0 Å². The van der Waals surface area contributed by atoms with Gasteiger partial charge in [-0.05, 0) is 12.1 Å². The number of ketones is 2. The van der Waals surface area contributed by atoms with Gasteiger partial charge in [-0.15, -0.1) is 0 Å². The average molecular weight is 316 g/mol. The molecule has 2 N–H and O–H groups in total. The SMILES string of the molecule is COc1cc(OC)c2c(c1)C(=O)C1=C(C2=O)C(O)C(C)C(O)=C1. The van der Waals surface area contributed by atoms with Gasteiger partial charge >= 0.3 is 0 Å². The second-order valence-electron chi connectivity index (χ2n) is 5.54. The van der Waals surface area contributed by atoms with Gasteiger partial charge in [-0.1, -0.05) is 6.92 Å². The van der Waals surface area contributed by atoms with E-state index in [1.54, 1.807) is 6.92 Å². The molecule has 0 aromatic heterocycles. The number of carbonyl (C=O) groups is 2. The first kappa shape index (κ1) is 15.3. The summed E-state index contributed by atoms with van der Waals surface area (Å²) in [5, 5.41) is 20.2. The molecule has 0 fully saturated rings. The maximum Gasteiger partial charge on any atom is 0.196 e. The molecular formula is C17H16O6. The quantitative estimate of drug-likeness (QED) is 0.864. The fourth-order valence-electron chi connectivity index (χ4n) is 2.93. The molecule has 2 atom stereocenters. The number of hydrogen-bond acceptors (Lipinski definition) is 6. The van der Waals surface area contributed by atoms with Crippen LogP contribution in [0.4, 0.5) is 0 Å². The molecule has 23 heavy (non-hydrogen) atoms. The highest BCUT2D eigenvalue weighted by molar-refractivity contribution is 6.29. The van der Waals surface area contributed by atoms with Crippen LogP contribution in [0, 0.1) is 5.92 Å². The van der Waals surface area contributed by atoms with Crippen LogP contribution in [-0.2, 0) is 0 Å². The van der Waals surface area contributed by atoms with E-state index in [-0.39, 0.29) is 33.8 Å². The van der Waals surface area contributed by atoms with Crippen LogP contribution in [0.5, 0.6) is 11.5 Å². The molecule has 1 aromatic carbocycles. The Balaban J connectivity index is 2.28. The van der Waals surface area contributed by atoms with Crippen molar-refractivity contribution >= 4 is 11.6 Å². The molecule has 0 radical (unpaired) electrons. The van der Waals surface area contributed by atoms with Gasteiger partial charge in [0.05, 0.1) is 31.6 Å². The molecule has 1 aromatic rings. The Morgan fingerprint density at radius 1 is 1.09 bits per heavy atom. The van der Waals surface area contributed by atoms with Crippen molar-refractivity contribution in [3.63, 3.8) is 0 Å². The van der Waals surface area contributed by atoms with Crippen LogP contribution in [0.3, 0.4) is 0 Å². The maximum atomic E-state index is 12.8. The third-order valence-electron chi connectivity index (χ3n) is 4.31. The first-order valence-electron chi connectivity index (χ1n) is 7.08. The van der Waals surface area contributed by atoms with Crippen molar-refractivity contribution in [2.75, 3.05) is 14.2 Å². The van der Waals surface area contributed by atoms with E-state index in [2.05, 4.69) is 0 Å². The zero-order valence-corrected chi connectivity index (χ0v) is 12.9. The second kappa shape index (κ2) is 5.24. The van der Waals surface area contributed by atoms with Crippen molar-refractivity contribution in [1.82, 2.24) is 0 Å². The highest BCUT2D eigenvalue weighted by Crippen LogP contribution is 2.41. The summed E-state index contributed by atoms with van der Waals surface area (Å²) in [6.45, 7) is 1.58. The average Bonchev–Trinajstić information content (AvgIpc) is 2.55. The zero-order chi connectivity index (χ0) is 16.9. The molecule has 2 aliphatic rings. The van der Waals surface area contributed by atoms with Crippen molar-refractivity contribution in [2.24, 2.45) is 5.92 Å². The number of aliphatic hydroxyl groups is 2. The lowest BCUT2D eigenvalue weighted by atomic mass is 9.75. The Bertz CT molecular complexity index is 787. The molecule has 2 aliphatic carbocycles. The molecule has 0 spiro atoms. The van der Waals surface area contributed by atoms with E-state index >= 15 is 0 Å². The Morgan fingerprint density at radius 2 is 1.78 bits per heavy atom. The Morgan fingerprint density at radius 3 is 2.39 bits per heavy atom. The molecule has 2 unspecified atom stereocenters. The molecule has 0 saturated heterocycles. The molecule has 120 valence electrons. The molecule has 3 rings (SSSR count). The highest BCUT2D eigenvalue weighted by Gasteiger charge is 2.42. The van der Waals surface area contributed by atoms with Crippen LogP contribution in [0.2, 0.25) is 0 Å². The van der Waals surface area contributed by atoms with Gasteiger partial charge in [0.15, 0.2) is 11.6 Å². The van der Waals surface area contributed by atoms with Gasteiger partial charge in [0.1, 0.15) is 11.5 Å². The van der Waals surface area contributed by atoms with Crippen LogP contribution in [0.1, 0.15) is 27.6 Å².